The van der Waals surface area contributed by atoms with Gasteiger partial charge >= 0.3 is 12.0 Å². The third-order valence-corrected chi connectivity index (χ3v) is 3.46. The molecule has 2 amide bonds. The van der Waals surface area contributed by atoms with Crippen molar-refractivity contribution >= 4 is 23.4 Å². The highest BCUT2D eigenvalue weighted by atomic mass is 16.6. The molecule has 0 aliphatic carbocycles. The van der Waals surface area contributed by atoms with E-state index in [1.54, 1.807) is 6.92 Å². The summed E-state index contributed by atoms with van der Waals surface area (Å²) in [6.07, 6.45) is 1.08. The highest BCUT2D eigenvalue weighted by molar-refractivity contribution is 5.93. The molecule has 1 unspecified atom stereocenters. The van der Waals surface area contributed by atoms with Gasteiger partial charge in [0.1, 0.15) is 6.04 Å². The van der Waals surface area contributed by atoms with Gasteiger partial charge in [0, 0.05) is 24.4 Å². The number of carboxylic acid groups (broad SMARTS) is 1. The molecule has 1 fully saturated rings. The van der Waals surface area contributed by atoms with Gasteiger partial charge in [-0.3, -0.25) is 10.1 Å². The van der Waals surface area contributed by atoms with E-state index in [1.165, 1.54) is 23.1 Å². The molecule has 8 heteroatoms. The number of hydrogen-bond donors (Lipinski definition) is 2. The number of aryl methyl sites for hydroxylation is 1. The van der Waals surface area contributed by atoms with E-state index in [0.29, 0.717) is 30.6 Å². The smallest absolute Gasteiger partial charge is 0.326 e. The molecule has 112 valence electrons. The molecule has 0 spiro atoms. The van der Waals surface area contributed by atoms with Crippen molar-refractivity contribution < 1.29 is 19.6 Å². The monoisotopic (exact) mass is 293 g/mol. The Balaban J connectivity index is 2.13. The summed E-state index contributed by atoms with van der Waals surface area (Å²) in [6.45, 7) is 2.02. The molecule has 8 nitrogen and oxygen atoms in total. The number of benzene rings is 1. The number of amides is 2. The maximum atomic E-state index is 12.1. The molecule has 21 heavy (non-hydrogen) atoms. The molecule has 1 saturated heterocycles. The Hall–Kier alpha value is -2.64. The van der Waals surface area contributed by atoms with Gasteiger partial charge in [0.05, 0.1) is 4.92 Å². The fraction of sp³-hybridized carbons (Fsp3) is 0.385. The fourth-order valence-electron chi connectivity index (χ4n) is 2.36. The van der Waals surface area contributed by atoms with Crippen LogP contribution < -0.4 is 5.32 Å². The highest BCUT2D eigenvalue weighted by Gasteiger charge is 2.34. The zero-order valence-electron chi connectivity index (χ0n) is 11.4. The van der Waals surface area contributed by atoms with E-state index in [9.17, 15) is 19.7 Å². The molecule has 2 N–H and O–H groups in total. The SMILES string of the molecule is Cc1cc([N+](=O)[O-])ccc1NC(=O)N1CCCC1C(=O)O. The van der Waals surface area contributed by atoms with Crippen LogP contribution >= 0.6 is 0 Å². The van der Waals surface area contributed by atoms with Crippen molar-refractivity contribution in [2.24, 2.45) is 0 Å². The van der Waals surface area contributed by atoms with Gasteiger partial charge in [-0.25, -0.2) is 9.59 Å². The zero-order chi connectivity index (χ0) is 15.6. The van der Waals surface area contributed by atoms with Gasteiger partial charge in [-0.2, -0.15) is 0 Å². The number of non-ortho nitro benzene ring substituents is 1. The number of aliphatic carboxylic acids is 1. The van der Waals surface area contributed by atoms with Crippen molar-refractivity contribution in [1.29, 1.82) is 0 Å². The summed E-state index contributed by atoms with van der Waals surface area (Å²) < 4.78 is 0. The maximum absolute atomic E-state index is 12.1. The van der Waals surface area contributed by atoms with Crippen LogP contribution in [-0.4, -0.2) is 39.5 Å². The molecule has 2 rings (SSSR count). The molecule has 0 radical (unpaired) electrons. The number of carboxylic acids is 1. The van der Waals surface area contributed by atoms with Crippen LogP contribution in [0.15, 0.2) is 18.2 Å². The lowest BCUT2D eigenvalue weighted by atomic mass is 10.2. The Morgan fingerprint density at radius 2 is 2.19 bits per heavy atom. The van der Waals surface area contributed by atoms with Gasteiger partial charge in [0.15, 0.2) is 0 Å². The standard InChI is InChI=1S/C13H15N3O5/c1-8-7-9(16(20)21)4-5-10(8)14-13(19)15-6-2-3-11(15)12(17)18/h4-5,7,11H,2-3,6H2,1H3,(H,14,19)(H,17,18). The van der Waals surface area contributed by atoms with Crippen molar-refractivity contribution in [3.05, 3.63) is 33.9 Å². The van der Waals surface area contributed by atoms with Crippen LogP contribution in [0.5, 0.6) is 0 Å². The van der Waals surface area contributed by atoms with Crippen molar-refractivity contribution in [1.82, 2.24) is 4.90 Å². The first-order valence-electron chi connectivity index (χ1n) is 6.45. The van der Waals surface area contributed by atoms with Gasteiger partial charge in [-0.1, -0.05) is 0 Å². The normalized spacial score (nSPS) is 17.6. The molecule has 1 aromatic rings. The van der Waals surface area contributed by atoms with E-state index < -0.39 is 23.0 Å². The van der Waals surface area contributed by atoms with E-state index in [0.717, 1.165) is 0 Å². The summed E-state index contributed by atoms with van der Waals surface area (Å²) >= 11 is 0. The molecular formula is C13H15N3O5. The van der Waals surface area contributed by atoms with Gasteiger partial charge < -0.3 is 15.3 Å². The lowest BCUT2D eigenvalue weighted by Gasteiger charge is -2.22. The first-order chi connectivity index (χ1) is 9.90. The van der Waals surface area contributed by atoms with Gasteiger partial charge in [0.25, 0.3) is 5.69 Å². The van der Waals surface area contributed by atoms with Crippen LogP contribution in [0.4, 0.5) is 16.2 Å². The lowest BCUT2D eigenvalue weighted by Crippen LogP contribution is -2.42. The van der Waals surface area contributed by atoms with Crippen LogP contribution in [0.2, 0.25) is 0 Å². The second-order valence-corrected chi connectivity index (χ2v) is 4.88. The number of carbonyl (C=O) groups excluding carboxylic acids is 1. The maximum Gasteiger partial charge on any atom is 0.326 e. The number of rotatable bonds is 3. The number of anilines is 1. The number of nitro benzene ring substituents is 1. The van der Waals surface area contributed by atoms with Crippen LogP contribution in [0.3, 0.4) is 0 Å². The van der Waals surface area contributed by atoms with Crippen LogP contribution in [0.25, 0.3) is 0 Å². The number of nitrogens with one attached hydrogen (secondary N) is 1. The van der Waals surface area contributed by atoms with E-state index in [-0.39, 0.29) is 5.69 Å². The van der Waals surface area contributed by atoms with E-state index in [1.807, 2.05) is 0 Å². The van der Waals surface area contributed by atoms with Crippen molar-refractivity contribution in [2.75, 3.05) is 11.9 Å². The number of nitrogens with zero attached hydrogens (tertiary/aromatic N) is 2. The lowest BCUT2D eigenvalue weighted by molar-refractivity contribution is -0.384. The fourth-order valence-corrected chi connectivity index (χ4v) is 2.36. The van der Waals surface area contributed by atoms with E-state index in [4.69, 9.17) is 5.11 Å². The third kappa shape index (κ3) is 3.10. The molecule has 0 aromatic heterocycles. The van der Waals surface area contributed by atoms with Crippen LogP contribution in [0, 0.1) is 17.0 Å². The summed E-state index contributed by atoms with van der Waals surface area (Å²) in [5, 5.41) is 22.3. The molecular weight excluding hydrogens is 278 g/mol. The minimum Gasteiger partial charge on any atom is -0.480 e. The van der Waals surface area contributed by atoms with Gasteiger partial charge in [-0.05, 0) is 31.4 Å². The first-order valence-corrected chi connectivity index (χ1v) is 6.45. The van der Waals surface area contributed by atoms with Crippen molar-refractivity contribution in [2.45, 2.75) is 25.8 Å². The molecule has 0 saturated carbocycles. The number of likely N-dealkylation sites (tertiary alicyclic amines) is 1. The Morgan fingerprint density at radius 1 is 1.48 bits per heavy atom. The average molecular weight is 293 g/mol. The number of nitro groups is 1. The minimum absolute atomic E-state index is 0.0601. The summed E-state index contributed by atoms with van der Waals surface area (Å²) in [5.74, 6) is -1.02. The Bertz CT molecular complexity index is 601. The summed E-state index contributed by atoms with van der Waals surface area (Å²) in [6, 6.07) is 2.77. The summed E-state index contributed by atoms with van der Waals surface area (Å²) in [5.41, 5.74) is 0.917. The van der Waals surface area contributed by atoms with E-state index >= 15 is 0 Å². The van der Waals surface area contributed by atoms with Crippen LogP contribution in [-0.2, 0) is 4.79 Å². The predicted molar refractivity (Wildman–Crippen MR) is 74.2 cm³/mol. The first kappa shape index (κ1) is 14.8. The molecule has 1 aromatic carbocycles. The number of urea groups is 1. The Morgan fingerprint density at radius 3 is 2.76 bits per heavy atom. The number of carbonyl (C=O) groups is 2. The molecule has 1 heterocycles. The zero-order valence-corrected chi connectivity index (χ0v) is 11.4. The summed E-state index contributed by atoms with van der Waals surface area (Å²) in [4.78, 5) is 34.6. The molecule has 1 aliphatic heterocycles. The molecule has 0 bridgehead atoms. The summed E-state index contributed by atoms with van der Waals surface area (Å²) in [7, 11) is 0. The minimum atomic E-state index is -1.02. The molecule has 1 aliphatic rings. The Kier molecular flexibility index (Phi) is 4.06. The van der Waals surface area contributed by atoms with Gasteiger partial charge in [0.2, 0.25) is 0 Å². The van der Waals surface area contributed by atoms with Crippen LogP contribution in [0.1, 0.15) is 18.4 Å². The van der Waals surface area contributed by atoms with E-state index in [2.05, 4.69) is 5.32 Å². The third-order valence-electron chi connectivity index (χ3n) is 3.46. The van der Waals surface area contributed by atoms with Crippen molar-refractivity contribution in [3.8, 4) is 0 Å². The van der Waals surface area contributed by atoms with Gasteiger partial charge in [-0.15, -0.1) is 0 Å². The topological polar surface area (TPSA) is 113 Å². The Labute approximate surface area is 120 Å². The largest absolute Gasteiger partial charge is 0.480 e. The average Bonchev–Trinajstić information content (AvgIpc) is 2.90. The quantitative estimate of drug-likeness (QED) is 0.653. The number of hydrogen-bond acceptors (Lipinski definition) is 4. The highest BCUT2D eigenvalue weighted by Crippen LogP contribution is 2.23. The predicted octanol–water partition coefficient (Wildman–Crippen LogP) is 1.98. The second kappa shape index (κ2) is 5.78. The second-order valence-electron chi connectivity index (χ2n) is 4.88. The van der Waals surface area contributed by atoms with Crippen molar-refractivity contribution in [3.63, 3.8) is 0 Å². The molecule has 1 atom stereocenters.